The van der Waals surface area contributed by atoms with Crippen LogP contribution in [-0.4, -0.2) is 60.2 Å². The van der Waals surface area contributed by atoms with E-state index in [2.05, 4.69) is 0 Å². The third kappa shape index (κ3) is 4.44. The quantitative estimate of drug-likeness (QED) is 0.801. The molecule has 0 spiro atoms. The van der Waals surface area contributed by atoms with Gasteiger partial charge >= 0.3 is 6.09 Å². The van der Waals surface area contributed by atoms with Gasteiger partial charge in [0.2, 0.25) is 0 Å². The fraction of sp³-hybridized carbons (Fsp3) is 0.455. The molecule has 0 bridgehead atoms. The van der Waals surface area contributed by atoms with Crippen molar-refractivity contribution in [3.05, 3.63) is 42.0 Å². The molecule has 28 heavy (non-hydrogen) atoms. The molecule has 0 aliphatic carbocycles. The maximum Gasteiger partial charge on any atom is 0.415 e. The van der Waals surface area contributed by atoms with E-state index in [1.807, 2.05) is 62.9 Å². The minimum Gasteiger partial charge on any atom is -0.410 e. The zero-order valence-electron chi connectivity index (χ0n) is 17.0. The number of hydrogen-bond donors (Lipinski definition) is 0. The van der Waals surface area contributed by atoms with E-state index in [9.17, 15) is 9.59 Å². The second-order valence-corrected chi connectivity index (χ2v) is 7.59. The summed E-state index contributed by atoms with van der Waals surface area (Å²) in [5, 5.41) is 1.85. The SMILES string of the molecule is CC(C)N(C(=O)Oc1ccc2cc(C(=O)N3CCOCC3)ccc2c1)C(C)C. The van der Waals surface area contributed by atoms with Gasteiger partial charge in [-0.2, -0.15) is 0 Å². The first-order chi connectivity index (χ1) is 13.4. The van der Waals surface area contributed by atoms with Crippen molar-refractivity contribution in [1.82, 2.24) is 9.80 Å². The summed E-state index contributed by atoms with van der Waals surface area (Å²) in [6, 6.07) is 11.2. The fourth-order valence-electron chi connectivity index (χ4n) is 3.54. The number of morpholine rings is 1. The van der Waals surface area contributed by atoms with Gasteiger partial charge in [-0.15, -0.1) is 0 Å². The summed E-state index contributed by atoms with van der Waals surface area (Å²) in [7, 11) is 0. The van der Waals surface area contributed by atoms with Crippen LogP contribution in [0, 0.1) is 0 Å². The van der Waals surface area contributed by atoms with E-state index in [-0.39, 0.29) is 24.1 Å². The highest BCUT2D eigenvalue weighted by atomic mass is 16.6. The highest BCUT2D eigenvalue weighted by Gasteiger charge is 2.22. The molecule has 2 aromatic carbocycles. The van der Waals surface area contributed by atoms with Gasteiger partial charge < -0.3 is 19.3 Å². The lowest BCUT2D eigenvalue weighted by atomic mass is 10.1. The molecule has 2 amide bonds. The first kappa shape index (κ1) is 20.1. The van der Waals surface area contributed by atoms with E-state index >= 15 is 0 Å². The van der Waals surface area contributed by atoms with Crippen molar-refractivity contribution in [3.8, 4) is 5.75 Å². The van der Waals surface area contributed by atoms with Crippen LogP contribution in [0.25, 0.3) is 10.8 Å². The average Bonchev–Trinajstić information content (AvgIpc) is 2.67. The third-order valence-electron chi connectivity index (χ3n) is 4.89. The van der Waals surface area contributed by atoms with Gasteiger partial charge in [-0.3, -0.25) is 4.79 Å². The van der Waals surface area contributed by atoms with Crippen LogP contribution < -0.4 is 4.74 Å². The van der Waals surface area contributed by atoms with Crippen molar-refractivity contribution in [3.63, 3.8) is 0 Å². The second kappa shape index (κ2) is 8.61. The van der Waals surface area contributed by atoms with E-state index in [1.165, 1.54) is 0 Å². The summed E-state index contributed by atoms with van der Waals surface area (Å²) < 4.78 is 10.9. The Hall–Kier alpha value is -2.60. The van der Waals surface area contributed by atoms with Crippen molar-refractivity contribution in [2.75, 3.05) is 26.3 Å². The third-order valence-corrected chi connectivity index (χ3v) is 4.89. The highest BCUT2D eigenvalue weighted by molar-refractivity contribution is 5.99. The van der Waals surface area contributed by atoms with E-state index < -0.39 is 0 Å². The predicted molar refractivity (Wildman–Crippen MR) is 109 cm³/mol. The smallest absolute Gasteiger partial charge is 0.410 e. The lowest BCUT2D eigenvalue weighted by Crippen LogP contribution is -2.43. The van der Waals surface area contributed by atoms with Crippen molar-refractivity contribution < 1.29 is 19.1 Å². The van der Waals surface area contributed by atoms with Crippen molar-refractivity contribution in [2.45, 2.75) is 39.8 Å². The summed E-state index contributed by atoms with van der Waals surface area (Å²) in [5.74, 6) is 0.515. The Bertz CT molecular complexity index is 849. The molecule has 3 rings (SSSR count). The Morgan fingerprint density at radius 2 is 1.57 bits per heavy atom. The minimum absolute atomic E-state index is 0.0187. The fourth-order valence-corrected chi connectivity index (χ4v) is 3.54. The average molecular weight is 384 g/mol. The number of hydrogen-bond acceptors (Lipinski definition) is 4. The van der Waals surface area contributed by atoms with Gasteiger partial charge in [-0.1, -0.05) is 12.1 Å². The zero-order valence-corrected chi connectivity index (χ0v) is 17.0. The molecule has 1 aliphatic heterocycles. The molecule has 0 radical (unpaired) electrons. The van der Waals surface area contributed by atoms with Crippen LogP contribution in [0.4, 0.5) is 4.79 Å². The van der Waals surface area contributed by atoms with Crippen LogP contribution in [0.3, 0.4) is 0 Å². The number of rotatable bonds is 4. The molecule has 2 aromatic rings. The van der Waals surface area contributed by atoms with Gasteiger partial charge in [-0.05, 0) is 62.7 Å². The lowest BCUT2D eigenvalue weighted by molar-refractivity contribution is 0.0303. The molecule has 0 aromatic heterocycles. The number of benzene rings is 2. The molecule has 1 saturated heterocycles. The Morgan fingerprint density at radius 3 is 2.21 bits per heavy atom. The Kier molecular flexibility index (Phi) is 6.19. The van der Waals surface area contributed by atoms with Gasteiger partial charge in [0.25, 0.3) is 5.91 Å². The van der Waals surface area contributed by atoms with Crippen molar-refractivity contribution >= 4 is 22.8 Å². The van der Waals surface area contributed by atoms with Crippen molar-refractivity contribution in [1.29, 1.82) is 0 Å². The molecular formula is C22H28N2O4. The minimum atomic E-state index is -0.358. The molecule has 6 heteroatoms. The monoisotopic (exact) mass is 384 g/mol. The Labute approximate surface area is 166 Å². The number of carbonyl (C=O) groups is 2. The van der Waals surface area contributed by atoms with Gasteiger partial charge in [0.1, 0.15) is 5.75 Å². The summed E-state index contributed by atoms with van der Waals surface area (Å²) >= 11 is 0. The molecule has 0 atom stereocenters. The maximum atomic E-state index is 12.7. The topological polar surface area (TPSA) is 59.1 Å². The van der Waals surface area contributed by atoms with Crippen LogP contribution in [-0.2, 0) is 4.74 Å². The van der Waals surface area contributed by atoms with Crippen molar-refractivity contribution in [2.24, 2.45) is 0 Å². The summed E-state index contributed by atoms with van der Waals surface area (Å²) in [6.45, 7) is 10.3. The van der Waals surface area contributed by atoms with Crippen LogP contribution >= 0.6 is 0 Å². The molecule has 1 heterocycles. The molecular weight excluding hydrogens is 356 g/mol. The van der Waals surface area contributed by atoms with Crippen LogP contribution in [0.2, 0.25) is 0 Å². The van der Waals surface area contributed by atoms with Gasteiger partial charge in [0.15, 0.2) is 0 Å². The largest absolute Gasteiger partial charge is 0.415 e. The Morgan fingerprint density at radius 1 is 0.964 bits per heavy atom. The van der Waals surface area contributed by atoms with E-state index in [1.54, 1.807) is 11.0 Å². The molecule has 1 aliphatic rings. The highest BCUT2D eigenvalue weighted by Crippen LogP contribution is 2.24. The van der Waals surface area contributed by atoms with Gasteiger partial charge in [0, 0.05) is 30.7 Å². The molecule has 6 nitrogen and oxygen atoms in total. The molecule has 0 unspecified atom stereocenters. The zero-order chi connectivity index (χ0) is 20.3. The Balaban J connectivity index is 1.77. The summed E-state index contributed by atoms with van der Waals surface area (Å²) in [5.41, 5.74) is 0.657. The van der Waals surface area contributed by atoms with E-state index in [0.717, 1.165) is 10.8 Å². The standard InChI is InChI=1S/C22H28N2O4/c1-15(2)24(16(3)4)22(26)28-20-8-7-17-13-19(6-5-18(17)14-20)21(25)23-9-11-27-12-10-23/h5-8,13-16H,9-12H2,1-4H3. The normalized spacial score (nSPS) is 14.6. The van der Waals surface area contributed by atoms with Crippen LogP contribution in [0.1, 0.15) is 38.1 Å². The number of nitrogens with zero attached hydrogens (tertiary/aromatic N) is 2. The molecule has 0 N–H and O–H groups in total. The maximum absolute atomic E-state index is 12.7. The molecule has 0 saturated carbocycles. The van der Waals surface area contributed by atoms with Gasteiger partial charge in [-0.25, -0.2) is 4.79 Å². The number of ether oxygens (including phenoxy) is 2. The molecule has 1 fully saturated rings. The first-order valence-electron chi connectivity index (χ1n) is 9.78. The lowest BCUT2D eigenvalue weighted by Gasteiger charge is -2.29. The van der Waals surface area contributed by atoms with Gasteiger partial charge in [0.05, 0.1) is 13.2 Å². The van der Waals surface area contributed by atoms with Crippen LogP contribution in [0.5, 0.6) is 5.75 Å². The van der Waals surface area contributed by atoms with E-state index in [0.29, 0.717) is 37.6 Å². The van der Waals surface area contributed by atoms with E-state index in [4.69, 9.17) is 9.47 Å². The van der Waals surface area contributed by atoms with Crippen LogP contribution in [0.15, 0.2) is 36.4 Å². The summed E-state index contributed by atoms with van der Waals surface area (Å²) in [6.07, 6.45) is -0.358. The summed E-state index contributed by atoms with van der Waals surface area (Å²) in [4.78, 5) is 28.7. The molecule has 150 valence electrons. The number of amides is 2. The first-order valence-corrected chi connectivity index (χ1v) is 9.78. The predicted octanol–water partition coefficient (Wildman–Crippen LogP) is 3.93. The second-order valence-electron chi connectivity index (χ2n) is 7.59. The number of fused-ring (bicyclic) bond motifs is 1. The number of carbonyl (C=O) groups excluding carboxylic acids is 2.